The summed E-state index contributed by atoms with van der Waals surface area (Å²) in [6.07, 6.45) is 7.00. The maximum Gasteiger partial charge on any atom is 0.256 e. The van der Waals surface area contributed by atoms with Crippen molar-refractivity contribution in [1.82, 2.24) is 4.41 Å². The first-order chi connectivity index (χ1) is 8.01. The average Bonchev–Trinajstić information content (AvgIpc) is 2.82. The molecule has 2 rings (SSSR count). The van der Waals surface area contributed by atoms with Gasteiger partial charge in [-0.15, -0.1) is 4.41 Å². The largest absolute Gasteiger partial charge is 0.256 e. The van der Waals surface area contributed by atoms with E-state index in [1.54, 1.807) is 48.6 Å². The van der Waals surface area contributed by atoms with E-state index in [4.69, 9.17) is 5.84 Å². The van der Waals surface area contributed by atoms with Gasteiger partial charge in [-0.3, -0.25) is 5.84 Å². The number of hydrazine groups is 1. The summed E-state index contributed by atoms with van der Waals surface area (Å²) in [7, 11) is -3.63. The van der Waals surface area contributed by atoms with Crippen molar-refractivity contribution in [1.29, 1.82) is 0 Å². The molecule has 0 aromatic heterocycles. The Morgan fingerprint density at radius 2 is 1.65 bits per heavy atom. The second kappa shape index (κ2) is 4.44. The van der Waals surface area contributed by atoms with Gasteiger partial charge >= 0.3 is 0 Å². The summed E-state index contributed by atoms with van der Waals surface area (Å²) in [6.45, 7) is 1.90. The van der Waals surface area contributed by atoms with Crippen LogP contribution in [0.3, 0.4) is 0 Å². The molecule has 1 aliphatic rings. The normalized spacial score (nSPS) is 15.9. The molecule has 0 aliphatic heterocycles. The third-order valence-corrected chi connectivity index (χ3v) is 4.28. The van der Waals surface area contributed by atoms with Gasteiger partial charge in [-0.1, -0.05) is 42.0 Å². The van der Waals surface area contributed by atoms with Crippen molar-refractivity contribution in [2.45, 2.75) is 17.9 Å². The summed E-state index contributed by atoms with van der Waals surface area (Å²) in [6, 6.07) is 6.23. The van der Waals surface area contributed by atoms with Crippen LogP contribution in [0.1, 0.15) is 5.56 Å². The van der Waals surface area contributed by atoms with E-state index in [1.165, 1.54) is 0 Å². The quantitative estimate of drug-likeness (QED) is 0.650. The van der Waals surface area contributed by atoms with Crippen LogP contribution in [-0.2, 0) is 10.0 Å². The van der Waals surface area contributed by atoms with Crippen molar-refractivity contribution in [2.24, 2.45) is 5.84 Å². The monoisotopic (exact) mass is 250 g/mol. The Morgan fingerprint density at radius 1 is 1.12 bits per heavy atom. The number of sulfonamides is 1. The highest BCUT2D eigenvalue weighted by molar-refractivity contribution is 7.89. The molecule has 90 valence electrons. The maximum atomic E-state index is 12.2. The van der Waals surface area contributed by atoms with E-state index >= 15 is 0 Å². The zero-order chi connectivity index (χ0) is 12.5. The fraction of sp³-hybridized carbons (Fsp3) is 0.167. The van der Waals surface area contributed by atoms with E-state index in [2.05, 4.69) is 0 Å². The zero-order valence-electron chi connectivity index (χ0n) is 9.45. The van der Waals surface area contributed by atoms with Crippen LogP contribution in [0.5, 0.6) is 0 Å². The molecule has 0 unspecified atom stereocenters. The molecule has 0 spiro atoms. The molecular formula is C12H14N2O2S. The number of aryl methyl sites for hydroxylation is 1. The van der Waals surface area contributed by atoms with E-state index < -0.39 is 16.1 Å². The minimum atomic E-state index is -3.63. The molecule has 0 saturated heterocycles. The summed E-state index contributed by atoms with van der Waals surface area (Å²) in [5, 5.41) is 0. The molecule has 0 bridgehead atoms. The number of nitrogens with two attached hydrogens (primary N) is 1. The number of benzene rings is 1. The second-order valence-corrected chi connectivity index (χ2v) is 5.75. The molecule has 0 saturated carbocycles. The smallest absolute Gasteiger partial charge is 0.254 e. The molecule has 4 nitrogen and oxygen atoms in total. The molecule has 1 aliphatic carbocycles. The van der Waals surface area contributed by atoms with Gasteiger partial charge in [0.05, 0.1) is 10.9 Å². The Bertz CT molecular complexity index is 547. The lowest BCUT2D eigenvalue weighted by Gasteiger charge is -2.20. The van der Waals surface area contributed by atoms with Gasteiger partial charge in [0.2, 0.25) is 0 Å². The highest BCUT2D eigenvalue weighted by Crippen LogP contribution is 2.18. The fourth-order valence-electron chi connectivity index (χ4n) is 1.58. The topological polar surface area (TPSA) is 63.4 Å². The van der Waals surface area contributed by atoms with Gasteiger partial charge in [0.1, 0.15) is 0 Å². The van der Waals surface area contributed by atoms with Gasteiger partial charge in [-0.25, -0.2) is 8.42 Å². The van der Waals surface area contributed by atoms with Crippen molar-refractivity contribution >= 4 is 10.0 Å². The molecule has 0 radical (unpaired) electrons. The summed E-state index contributed by atoms with van der Waals surface area (Å²) in [4.78, 5) is 0.208. The van der Waals surface area contributed by atoms with Crippen LogP contribution in [0.4, 0.5) is 0 Å². The van der Waals surface area contributed by atoms with Crippen LogP contribution in [0.2, 0.25) is 0 Å². The van der Waals surface area contributed by atoms with E-state index in [9.17, 15) is 8.42 Å². The number of rotatable bonds is 3. The molecule has 1 aromatic rings. The highest BCUT2D eigenvalue weighted by atomic mass is 32.2. The van der Waals surface area contributed by atoms with E-state index in [1.807, 2.05) is 6.92 Å². The van der Waals surface area contributed by atoms with Crippen LogP contribution in [-0.4, -0.2) is 18.9 Å². The van der Waals surface area contributed by atoms with Gasteiger partial charge in [0.25, 0.3) is 10.0 Å². The maximum absolute atomic E-state index is 12.2. The summed E-state index contributed by atoms with van der Waals surface area (Å²) >= 11 is 0. The summed E-state index contributed by atoms with van der Waals surface area (Å²) in [5.41, 5.74) is 1.01. The number of nitrogens with zero attached hydrogens (tertiary/aromatic N) is 1. The van der Waals surface area contributed by atoms with E-state index in [-0.39, 0.29) is 4.90 Å². The van der Waals surface area contributed by atoms with E-state index in [0.29, 0.717) is 0 Å². The predicted octanol–water partition coefficient (Wildman–Crippen LogP) is 1.35. The van der Waals surface area contributed by atoms with Crippen molar-refractivity contribution in [3.63, 3.8) is 0 Å². The minimum absolute atomic E-state index is 0.208. The van der Waals surface area contributed by atoms with Crippen molar-refractivity contribution < 1.29 is 8.42 Å². The lowest BCUT2D eigenvalue weighted by atomic mass is 10.2. The van der Waals surface area contributed by atoms with E-state index in [0.717, 1.165) is 9.98 Å². The van der Waals surface area contributed by atoms with Crippen LogP contribution in [0.15, 0.2) is 53.5 Å². The van der Waals surface area contributed by atoms with Crippen LogP contribution in [0.25, 0.3) is 0 Å². The summed E-state index contributed by atoms with van der Waals surface area (Å²) in [5.74, 6) is 5.67. The Balaban J connectivity index is 2.32. The Labute approximate surface area is 101 Å². The lowest BCUT2D eigenvalue weighted by Crippen LogP contribution is -2.43. The molecule has 0 atom stereocenters. The number of hydrogen-bond donors (Lipinski definition) is 1. The van der Waals surface area contributed by atoms with Gasteiger partial charge < -0.3 is 0 Å². The predicted molar refractivity (Wildman–Crippen MR) is 66.5 cm³/mol. The first kappa shape index (κ1) is 12.0. The number of hydrogen-bond acceptors (Lipinski definition) is 3. The van der Waals surface area contributed by atoms with Gasteiger partial charge in [0, 0.05) is 0 Å². The van der Waals surface area contributed by atoms with Crippen LogP contribution in [0, 0.1) is 6.92 Å². The standard InChI is InChI=1S/C12H14N2O2S/c1-10-6-8-12(9-7-10)17(15,16)14(13)11-4-2-3-5-11/h2-9,11H,13H2,1H3. The molecule has 0 amide bonds. The minimum Gasteiger partial charge on any atom is -0.254 e. The molecule has 1 aromatic carbocycles. The molecular weight excluding hydrogens is 236 g/mol. The van der Waals surface area contributed by atoms with Crippen LogP contribution >= 0.6 is 0 Å². The van der Waals surface area contributed by atoms with Gasteiger partial charge in [-0.2, -0.15) is 0 Å². The molecule has 5 heteroatoms. The third kappa shape index (κ3) is 2.31. The van der Waals surface area contributed by atoms with Crippen molar-refractivity contribution in [3.05, 3.63) is 54.1 Å². The Morgan fingerprint density at radius 3 is 2.18 bits per heavy atom. The molecule has 0 fully saturated rings. The van der Waals surface area contributed by atoms with Gasteiger partial charge in [-0.05, 0) is 19.1 Å². The lowest BCUT2D eigenvalue weighted by molar-refractivity contribution is 0.415. The Kier molecular flexibility index (Phi) is 3.15. The average molecular weight is 250 g/mol. The highest BCUT2D eigenvalue weighted by Gasteiger charge is 2.26. The first-order valence-corrected chi connectivity index (χ1v) is 6.66. The van der Waals surface area contributed by atoms with Crippen molar-refractivity contribution in [3.8, 4) is 0 Å². The second-order valence-electron chi connectivity index (χ2n) is 3.91. The summed E-state index contributed by atoms with van der Waals surface area (Å²) < 4.78 is 25.2. The third-order valence-electron chi connectivity index (χ3n) is 2.62. The molecule has 17 heavy (non-hydrogen) atoms. The number of allylic oxidation sites excluding steroid dienone is 2. The van der Waals surface area contributed by atoms with Gasteiger partial charge in [0.15, 0.2) is 0 Å². The van der Waals surface area contributed by atoms with Crippen LogP contribution < -0.4 is 5.84 Å². The van der Waals surface area contributed by atoms with Crippen molar-refractivity contribution in [2.75, 3.05) is 0 Å². The zero-order valence-corrected chi connectivity index (χ0v) is 10.3. The SMILES string of the molecule is Cc1ccc(S(=O)(=O)N(N)C2C=CC=C2)cc1. The molecule has 0 heterocycles. The Hall–Kier alpha value is -1.43. The fourth-order valence-corrected chi connectivity index (χ4v) is 2.77. The molecule has 2 N–H and O–H groups in total. The first-order valence-electron chi connectivity index (χ1n) is 5.22.